The van der Waals surface area contributed by atoms with Crippen molar-refractivity contribution in [3.63, 3.8) is 0 Å². The molecule has 0 aliphatic carbocycles. The summed E-state index contributed by atoms with van der Waals surface area (Å²) in [6.07, 6.45) is 3.97. The highest BCUT2D eigenvalue weighted by Crippen LogP contribution is 2.49. The van der Waals surface area contributed by atoms with Crippen LogP contribution < -0.4 is 29.5 Å². The standard InChI is InChI=1S/C46H56N9O9P/c1-6-46-22-33(26-54(46)38-21-36(49-50-41(38)55(27-46)45(3,4)5)34-9-7-8-10-39(34)62-28-63-65(59,60)61)64-43-29(2)19-30(23-47-43)24-51-15-17-52(18-16-51)32-12-11-31-25-53(44(58)35(31)20-32)37-13-14-40(56)48-42(37)57/h7-12,19-21,23,33,37H,6,13-18,22,24-28H2,1-5H3,(H,48,56,57)(H2,59,60,61)/t33-,37+,46+/m1/s1. The molecule has 3 atom stereocenters. The molecule has 2 aromatic heterocycles. The summed E-state index contributed by atoms with van der Waals surface area (Å²) < 4.78 is 28.3. The molecule has 3 N–H and O–H groups in total. The fraction of sp³-hybridized carbons (Fsp3) is 0.478. The van der Waals surface area contributed by atoms with Gasteiger partial charge in [0.25, 0.3) is 5.91 Å². The van der Waals surface area contributed by atoms with Gasteiger partial charge in [-0.1, -0.05) is 25.1 Å². The maximum Gasteiger partial charge on any atom is 0.472 e. The van der Waals surface area contributed by atoms with Gasteiger partial charge in [-0.15, -0.1) is 10.2 Å². The molecule has 65 heavy (non-hydrogen) atoms. The van der Waals surface area contributed by atoms with Gasteiger partial charge >= 0.3 is 7.82 Å². The van der Waals surface area contributed by atoms with Gasteiger partial charge in [0, 0.05) is 92.8 Å². The molecular weight excluding hydrogens is 854 g/mol. The molecule has 3 amide bonds. The lowest BCUT2D eigenvalue weighted by atomic mass is 9.87. The van der Waals surface area contributed by atoms with Gasteiger partial charge in [0.1, 0.15) is 17.9 Å². The van der Waals surface area contributed by atoms with Crippen LogP contribution in [0.3, 0.4) is 0 Å². The Morgan fingerprint density at radius 2 is 1.77 bits per heavy atom. The van der Waals surface area contributed by atoms with Gasteiger partial charge in [0.05, 0.1) is 23.5 Å². The summed E-state index contributed by atoms with van der Waals surface area (Å²) in [5.74, 6) is 0.877. The molecule has 5 aliphatic heterocycles. The number of anilines is 3. The number of ether oxygens (including phenoxy) is 2. The second kappa shape index (κ2) is 17.3. The van der Waals surface area contributed by atoms with Gasteiger partial charge in [-0.05, 0) is 88.1 Å². The van der Waals surface area contributed by atoms with E-state index in [1.165, 1.54) is 0 Å². The number of aryl methyl sites for hydroxylation is 1. The quantitative estimate of drug-likeness (QED) is 0.0993. The van der Waals surface area contributed by atoms with Gasteiger partial charge in [-0.25, -0.2) is 14.1 Å². The number of carbonyl (C=O) groups is 3. The zero-order valence-electron chi connectivity index (χ0n) is 37.4. The van der Waals surface area contributed by atoms with Crippen LogP contribution in [0.2, 0.25) is 0 Å². The molecule has 5 aliphatic rings. The molecule has 3 fully saturated rings. The van der Waals surface area contributed by atoms with E-state index in [-0.39, 0.29) is 35.4 Å². The smallest absolute Gasteiger partial charge is 0.472 e. The lowest BCUT2D eigenvalue weighted by molar-refractivity contribution is -0.136. The molecule has 19 heteroatoms. The SMILES string of the molecule is CC[C@@]12C[C@@H](Oc3ncc(CN4CCN(c5ccc6c(c5)C(=O)N([C@H]5CCC(=O)NC5=O)C6)CC4)cc3C)CN1c1cc(-c3ccccc3OCOP(=O)(O)O)nnc1N(C(C)(C)C)C2. The summed E-state index contributed by atoms with van der Waals surface area (Å²) in [7, 11) is -4.72. The van der Waals surface area contributed by atoms with E-state index < -0.39 is 26.6 Å². The first kappa shape index (κ1) is 44.5. The van der Waals surface area contributed by atoms with Gasteiger partial charge < -0.3 is 38.9 Å². The average molecular weight is 910 g/mol. The normalized spacial score (nSPS) is 22.5. The Bertz CT molecular complexity index is 2560. The number of pyridine rings is 1. The highest BCUT2D eigenvalue weighted by atomic mass is 31.2. The minimum atomic E-state index is -4.72. The number of hydrogen-bond acceptors (Lipinski definition) is 14. The summed E-state index contributed by atoms with van der Waals surface area (Å²) in [5.41, 5.74) is 6.14. The molecule has 7 heterocycles. The minimum Gasteiger partial charge on any atom is -0.472 e. The number of hydrogen-bond donors (Lipinski definition) is 3. The molecule has 0 unspecified atom stereocenters. The van der Waals surface area contributed by atoms with E-state index in [4.69, 9.17) is 19.6 Å². The van der Waals surface area contributed by atoms with Crippen LogP contribution in [0.5, 0.6) is 11.6 Å². The minimum absolute atomic E-state index is 0.153. The highest BCUT2D eigenvalue weighted by molar-refractivity contribution is 7.46. The molecule has 9 rings (SSSR count). The van der Waals surface area contributed by atoms with Gasteiger partial charge in [-0.3, -0.25) is 24.6 Å². The largest absolute Gasteiger partial charge is 0.472 e. The Hall–Kier alpha value is -5.65. The molecule has 18 nitrogen and oxygen atoms in total. The van der Waals surface area contributed by atoms with Crippen LogP contribution in [0.1, 0.15) is 80.4 Å². The number of para-hydroxylation sites is 1. The summed E-state index contributed by atoms with van der Waals surface area (Å²) in [4.78, 5) is 71.9. The first-order valence-electron chi connectivity index (χ1n) is 22.2. The highest BCUT2D eigenvalue weighted by Gasteiger charge is 2.52. The molecule has 0 spiro atoms. The molecule has 0 radical (unpaired) electrons. The van der Waals surface area contributed by atoms with Crippen LogP contribution in [-0.2, 0) is 31.8 Å². The molecule has 344 valence electrons. The van der Waals surface area contributed by atoms with Crippen molar-refractivity contribution in [3.8, 4) is 22.9 Å². The van der Waals surface area contributed by atoms with Gasteiger partial charge in [0.2, 0.25) is 17.7 Å². The fourth-order valence-corrected chi connectivity index (χ4v) is 10.2. The molecule has 0 saturated carbocycles. The Labute approximate surface area is 378 Å². The number of aromatic nitrogens is 3. The lowest BCUT2D eigenvalue weighted by Crippen LogP contribution is -2.60. The van der Waals surface area contributed by atoms with Crippen LogP contribution in [-0.4, -0.2) is 122 Å². The second-order valence-corrected chi connectivity index (χ2v) is 19.9. The topological polar surface area (TPSA) is 203 Å². The maximum absolute atomic E-state index is 13.4. The van der Waals surface area contributed by atoms with Crippen molar-refractivity contribution in [2.75, 3.05) is 60.8 Å². The number of nitrogens with zero attached hydrogens (tertiary/aromatic N) is 8. The third kappa shape index (κ3) is 9.02. The number of fused-ring (bicyclic) bond motifs is 4. The van der Waals surface area contributed by atoms with E-state index in [0.29, 0.717) is 48.0 Å². The molecule has 2 aromatic carbocycles. The number of carbonyl (C=O) groups excluding carboxylic acids is 3. The molecule has 3 saturated heterocycles. The Morgan fingerprint density at radius 1 is 0.985 bits per heavy atom. The number of imide groups is 1. The molecular formula is C46H56N9O9P. The second-order valence-electron chi connectivity index (χ2n) is 18.7. The average Bonchev–Trinajstić information content (AvgIpc) is 3.81. The van der Waals surface area contributed by atoms with Crippen molar-refractivity contribution in [2.45, 2.75) is 96.6 Å². The van der Waals surface area contributed by atoms with Crippen molar-refractivity contribution >= 4 is 42.7 Å². The maximum atomic E-state index is 13.4. The Kier molecular flexibility index (Phi) is 11.9. The van der Waals surface area contributed by atoms with E-state index in [1.807, 2.05) is 43.5 Å². The third-order valence-electron chi connectivity index (χ3n) is 13.4. The zero-order chi connectivity index (χ0) is 45.8. The van der Waals surface area contributed by atoms with Crippen molar-refractivity contribution in [3.05, 3.63) is 83.0 Å². The number of amides is 3. The van der Waals surface area contributed by atoms with E-state index in [0.717, 1.165) is 86.0 Å². The molecule has 0 bridgehead atoms. The number of piperazine rings is 1. The van der Waals surface area contributed by atoms with Crippen molar-refractivity contribution in [1.29, 1.82) is 0 Å². The van der Waals surface area contributed by atoms with E-state index >= 15 is 0 Å². The number of phosphoric ester groups is 1. The van der Waals surface area contributed by atoms with Crippen molar-refractivity contribution in [2.24, 2.45) is 0 Å². The van der Waals surface area contributed by atoms with E-state index in [1.54, 1.807) is 17.0 Å². The summed E-state index contributed by atoms with van der Waals surface area (Å²) in [6.45, 7) is 15.9. The fourth-order valence-electron chi connectivity index (χ4n) is 9.96. The van der Waals surface area contributed by atoms with Crippen LogP contribution in [0.25, 0.3) is 11.3 Å². The van der Waals surface area contributed by atoms with Gasteiger partial charge in [0.15, 0.2) is 12.6 Å². The van der Waals surface area contributed by atoms with E-state index in [9.17, 15) is 28.7 Å². The summed E-state index contributed by atoms with van der Waals surface area (Å²) in [5, 5.41) is 11.8. The number of rotatable bonds is 12. The van der Waals surface area contributed by atoms with Crippen LogP contribution in [0.4, 0.5) is 17.2 Å². The van der Waals surface area contributed by atoms with Crippen LogP contribution >= 0.6 is 7.82 Å². The Balaban J connectivity index is 0.851. The van der Waals surface area contributed by atoms with Crippen molar-refractivity contribution < 1.29 is 42.7 Å². The summed E-state index contributed by atoms with van der Waals surface area (Å²) >= 11 is 0. The molecule has 4 aromatic rings. The van der Waals surface area contributed by atoms with Crippen LogP contribution in [0, 0.1) is 6.92 Å². The van der Waals surface area contributed by atoms with Crippen LogP contribution in [0.15, 0.2) is 60.8 Å². The predicted octanol–water partition coefficient (Wildman–Crippen LogP) is 4.80. The summed E-state index contributed by atoms with van der Waals surface area (Å²) in [6, 6.07) is 16.7. The first-order valence-corrected chi connectivity index (χ1v) is 23.7. The Morgan fingerprint density at radius 3 is 2.49 bits per heavy atom. The number of piperidine rings is 1. The van der Waals surface area contributed by atoms with Gasteiger partial charge in [-0.2, -0.15) is 0 Å². The number of benzene rings is 2. The monoisotopic (exact) mass is 909 g/mol. The lowest BCUT2D eigenvalue weighted by Gasteiger charge is -2.52. The number of phosphoric acid groups is 1. The first-order chi connectivity index (χ1) is 31.0. The van der Waals surface area contributed by atoms with Crippen molar-refractivity contribution in [1.82, 2.24) is 30.3 Å². The number of nitrogens with one attached hydrogen (secondary N) is 1. The third-order valence-corrected chi connectivity index (χ3v) is 13.8. The predicted molar refractivity (Wildman–Crippen MR) is 242 cm³/mol. The zero-order valence-corrected chi connectivity index (χ0v) is 38.3. The van der Waals surface area contributed by atoms with E-state index in [2.05, 4.69) is 74.4 Å².